The summed E-state index contributed by atoms with van der Waals surface area (Å²) in [5.74, 6) is -0.393. The lowest BCUT2D eigenvalue weighted by atomic mass is 10.2. The summed E-state index contributed by atoms with van der Waals surface area (Å²) in [6, 6.07) is 8.73. The van der Waals surface area contributed by atoms with Crippen molar-refractivity contribution in [1.29, 1.82) is 0 Å². The van der Waals surface area contributed by atoms with Crippen LogP contribution in [-0.4, -0.2) is 16.7 Å². The van der Waals surface area contributed by atoms with Crippen molar-refractivity contribution in [2.45, 2.75) is 6.92 Å². The van der Waals surface area contributed by atoms with Crippen molar-refractivity contribution in [2.24, 2.45) is 0 Å². The lowest BCUT2D eigenvalue weighted by molar-refractivity contribution is -0.384. The lowest BCUT2D eigenvalue weighted by Crippen LogP contribution is -2.16. The Morgan fingerprint density at radius 2 is 1.88 bits per heavy atom. The molecule has 2 aromatic heterocycles. The highest BCUT2D eigenvalue weighted by Crippen LogP contribution is 2.26. The molecule has 0 atom stereocenters. The number of nitrogens with one attached hydrogen (secondary N) is 2. The number of carbonyl (C=O) groups excluding carboxylic acids is 2. The molecule has 2 N–H and O–H groups in total. The Labute approximate surface area is 151 Å². The number of benzene rings is 1. The summed E-state index contributed by atoms with van der Waals surface area (Å²) in [5, 5.41) is 18.1. The summed E-state index contributed by atoms with van der Waals surface area (Å²) in [6.07, 6.45) is 1.41. The summed E-state index contributed by atoms with van der Waals surface area (Å²) in [5.41, 5.74) is 0.801. The number of furan rings is 1. The van der Waals surface area contributed by atoms with Crippen LogP contribution in [0.1, 0.15) is 26.5 Å². The Bertz CT molecular complexity index is 992. The second-order valence-corrected chi connectivity index (χ2v) is 6.19. The molecule has 0 radical (unpaired) electrons. The van der Waals surface area contributed by atoms with Gasteiger partial charge >= 0.3 is 0 Å². The van der Waals surface area contributed by atoms with Gasteiger partial charge in [0.15, 0.2) is 0 Å². The second kappa shape index (κ2) is 7.19. The lowest BCUT2D eigenvalue weighted by Gasteiger charge is -2.07. The molecule has 8 nitrogen and oxygen atoms in total. The van der Waals surface area contributed by atoms with Gasteiger partial charge < -0.3 is 15.1 Å². The summed E-state index contributed by atoms with van der Waals surface area (Å²) in [4.78, 5) is 35.0. The maximum absolute atomic E-state index is 12.5. The van der Waals surface area contributed by atoms with E-state index in [2.05, 4.69) is 10.6 Å². The zero-order chi connectivity index (χ0) is 18.7. The Morgan fingerprint density at radius 1 is 1.12 bits per heavy atom. The molecule has 9 heteroatoms. The van der Waals surface area contributed by atoms with Crippen molar-refractivity contribution < 1.29 is 18.9 Å². The first-order valence-corrected chi connectivity index (χ1v) is 8.32. The van der Waals surface area contributed by atoms with E-state index in [0.717, 1.165) is 0 Å². The number of rotatable bonds is 5. The Balaban J connectivity index is 1.76. The van der Waals surface area contributed by atoms with Gasteiger partial charge in [-0.3, -0.25) is 19.7 Å². The van der Waals surface area contributed by atoms with Crippen LogP contribution in [0.2, 0.25) is 0 Å². The van der Waals surface area contributed by atoms with Gasteiger partial charge in [-0.2, -0.15) is 0 Å². The monoisotopic (exact) mass is 371 g/mol. The van der Waals surface area contributed by atoms with Gasteiger partial charge in [-0.15, -0.1) is 11.3 Å². The highest BCUT2D eigenvalue weighted by Gasteiger charge is 2.18. The van der Waals surface area contributed by atoms with Crippen LogP contribution < -0.4 is 10.6 Å². The fourth-order valence-electron chi connectivity index (χ4n) is 2.27. The van der Waals surface area contributed by atoms with Gasteiger partial charge in [-0.25, -0.2) is 0 Å². The van der Waals surface area contributed by atoms with Crippen LogP contribution in [0.3, 0.4) is 0 Å². The molecular weight excluding hydrogens is 358 g/mol. The molecule has 0 aliphatic heterocycles. The highest BCUT2D eigenvalue weighted by atomic mass is 32.1. The largest absolute Gasteiger partial charge is 0.469 e. The Morgan fingerprint density at radius 3 is 2.58 bits per heavy atom. The van der Waals surface area contributed by atoms with E-state index >= 15 is 0 Å². The minimum atomic E-state index is -0.543. The molecule has 0 aliphatic rings. The van der Waals surface area contributed by atoms with E-state index in [1.54, 1.807) is 30.5 Å². The molecule has 0 saturated heterocycles. The maximum Gasteiger partial charge on any atom is 0.271 e. The number of nitro benzene ring substituents is 1. The third-order valence-electron chi connectivity index (χ3n) is 3.56. The predicted molar refractivity (Wildman–Crippen MR) is 96.8 cm³/mol. The molecule has 1 aromatic carbocycles. The molecule has 2 heterocycles. The first-order valence-electron chi connectivity index (χ1n) is 7.44. The van der Waals surface area contributed by atoms with Crippen molar-refractivity contribution in [2.75, 3.05) is 10.6 Å². The quantitative estimate of drug-likeness (QED) is 0.518. The molecule has 0 spiro atoms. The molecule has 0 fully saturated rings. The van der Waals surface area contributed by atoms with Crippen molar-refractivity contribution in [3.63, 3.8) is 0 Å². The summed E-state index contributed by atoms with van der Waals surface area (Å²) in [6.45, 7) is 1.67. The molecular formula is C17H13N3O5S. The summed E-state index contributed by atoms with van der Waals surface area (Å²) in [7, 11) is 0. The van der Waals surface area contributed by atoms with E-state index in [1.165, 1.54) is 35.8 Å². The van der Waals surface area contributed by atoms with Crippen molar-refractivity contribution in [3.05, 3.63) is 75.0 Å². The molecule has 0 aliphatic carbocycles. The number of amides is 2. The van der Waals surface area contributed by atoms with Gasteiger partial charge in [0.1, 0.15) is 10.8 Å². The number of nitro groups is 1. The Hall–Kier alpha value is -3.46. The van der Waals surface area contributed by atoms with Crippen LogP contribution in [0.5, 0.6) is 0 Å². The molecule has 0 unspecified atom stereocenters. The first-order chi connectivity index (χ1) is 12.5. The number of hydrogen-bond donors (Lipinski definition) is 2. The number of carbonyl (C=O) groups is 2. The van der Waals surface area contributed by atoms with E-state index in [1.807, 2.05) is 0 Å². The fraction of sp³-hybridized carbons (Fsp3) is 0.0588. The summed E-state index contributed by atoms with van der Waals surface area (Å²) >= 11 is 1.20. The second-order valence-electron chi connectivity index (χ2n) is 5.27. The zero-order valence-electron chi connectivity index (χ0n) is 13.5. The van der Waals surface area contributed by atoms with Gasteiger partial charge in [-0.05, 0) is 30.5 Å². The molecule has 26 heavy (non-hydrogen) atoms. The van der Waals surface area contributed by atoms with E-state index in [-0.39, 0.29) is 17.2 Å². The minimum absolute atomic E-state index is 0.128. The van der Waals surface area contributed by atoms with Crippen LogP contribution in [0, 0.1) is 17.0 Å². The van der Waals surface area contributed by atoms with Crippen LogP contribution in [-0.2, 0) is 0 Å². The minimum Gasteiger partial charge on any atom is -0.469 e. The Kier molecular flexibility index (Phi) is 4.81. The van der Waals surface area contributed by atoms with E-state index in [4.69, 9.17) is 4.42 Å². The SMILES string of the molecule is Cc1occc1C(=O)Nc1sccc1C(=O)Nc1cccc([N+](=O)[O-])c1. The maximum atomic E-state index is 12.5. The van der Waals surface area contributed by atoms with Gasteiger partial charge in [0.05, 0.1) is 22.3 Å². The van der Waals surface area contributed by atoms with Gasteiger partial charge in [0.25, 0.3) is 17.5 Å². The van der Waals surface area contributed by atoms with Crippen molar-refractivity contribution >= 4 is 39.5 Å². The van der Waals surface area contributed by atoms with Crippen molar-refractivity contribution in [3.8, 4) is 0 Å². The first kappa shape index (κ1) is 17.4. The van der Waals surface area contributed by atoms with Gasteiger partial charge in [-0.1, -0.05) is 6.07 Å². The van der Waals surface area contributed by atoms with Gasteiger partial charge in [0, 0.05) is 17.8 Å². The number of nitrogens with zero attached hydrogens (tertiary/aromatic N) is 1. The normalized spacial score (nSPS) is 10.3. The smallest absolute Gasteiger partial charge is 0.271 e. The van der Waals surface area contributed by atoms with Crippen LogP contribution in [0.4, 0.5) is 16.4 Å². The predicted octanol–water partition coefficient (Wildman–Crippen LogP) is 4.06. The number of anilines is 2. The molecule has 3 rings (SSSR count). The van der Waals surface area contributed by atoms with E-state index in [9.17, 15) is 19.7 Å². The third kappa shape index (κ3) is 3.62. The van der Waals surface area contributed by atoms with Crippen molar-refractivity contribution in [1.82, 2.24) is 0 Å². The number of hydrogen-bond acceptors (Lipinski definition) is 6. The number of non-ortho nitro benzene ring substituents is 1. The number of thiophene rings is 1. The molecule has 2 amide bonds. The third-order valence-corrected chi connectivity index (χ3v) is 4.39. The molecule has 0 saturated carbocycles. The topological polar surface area (TPSA) is 114 Å². The molecule has 132 valence electrons. The average Bonchev–Trinajstić information content (AvgIpc) is 3.23. The zero-order valence-corrected chi connectivity index (χ0v) is 14.3. The fourth-order valence-corrected chi connectivity index (χ4v) is 3.05. The molecule has 3 aromatic rings. The highest BCUT2D eigenvalue weighted by molar-refractivity contribution is 7.14. The van der Waals surface area contributed by atoms with Crippen LogP contribution in [0.25, 0.3) is 0 Å². The van der Waals surface area contributed by atoms with E-state index in [0.29, 0.717) is 22.0 Å². The number of aryl methyl sites for hydroxylation is 1. The molecule has 0 bridgehead atoms. The van der Waals surface area contributed by atoms with E-state index < -0.39 is 10.8 Å². The standard InChI is InChI=1S/C17H13N3O5S/c1-10-13(5-7-25-10)15(21)19-17-14(6-8-26-17)16(22)18-11-3-2-4-12(9-11)20(23)24/h2-9H,1H3,(H,18,22)(H,19,21). The van der Waals surface area contributed by atoms with Crippen LogP contribution in [0.15, 0.2) is 52.5 Å². The average molecular weight is 371 g/mol. The summed E-state index contributed by atoms with van der Waals surface area (Å²) < 4.78 is 5.10. The van der Waals surface area contributed by atoms with Gasteiger partial charge in [0.2, 0.25) is 0 Å². The van der Waals surface area contributed by atoms with Crippen LogP contribution >= 0.6 is 11.3 Å².